The number of hydrogen-bond donors (Lipinski definition) is 1. The van der Waals surface area contributed by atoms with Gasteiger partial charge in [-0.2, -0.15) is 11.3 Å². The first kappa shape index (κ1) is 19.0. The summed E-state index contributed by atoms with van der Waals surface area (Å²) in [6.07, 6.45) is 1.16. The van der Waals surface area contributed by atoms with E-state index in [1.165, 1.54) is 6.07 Å². The molecule has 1 N–H and O–H groups in total. The van der Waals surface area contributed by atoms with E-state index in [4.69, 9.17) is 0 Å². The van der Waals surface area contributed by atoms with Gasteiger partial charge in [-0.1, -0.05) is 13.8 Å². The van der Waals surface area contributed by atoms with Gasteiger partial charge >= 0.3 is 0 Å². The lowest BCUT2D eigenvalue weighted by Gasteiger charge is -2.29. The molecule has 7 nitrogen and oxygen atoms in total. The second-order valence-corrected chi connectivity index (χ2v) is 6.37. The van der Waals surface area contributed by atoms with Crippen molar-refractivity contribution in [1.29, 1.82) is 0 Å². The van der Waals surface area contributed by atoms with Crippen LogP contribution < -0.4 is 5.32 Å². The number of nitrogens with zero attached hydrogens (tertiary/aromatic N) is 3. The van der Waals surface area contributed by atoms with E-state index in [9.17, 15) is 14.9 Å². The van der Waals surface area contributed by atoms with Crippen molar-refractivity contribution in [3.63, 3.8) is 0 Å². The van der Waals surface area contributed by atoms with Crippen molar-refractivity contribution >= 4 is 22.9 Å². The van der Waals surface area contributed by atoms with Crippen LogP contribution in [0.15, 0.2) is 29.1 Å². The van der Waals surface area contributed by atoms with Crippen LogP contribution in [0.25, 0.3) is 0 Å². The Bertz CT molecular complexity index is 729. The number of carbonyl (C=O) groups is 1. The Balaban J connectivity index is 2.16. The molecule has 0 aliphatic rings. The number of nitro groups is 1. The van der Waals surface area contributed by atoms with E-state index < -0.39 is 4.92 Å². The number of aromatic nitrogens is 1. The molecule has 25 heavy (non-hydrogen) atoms. The second kappa shape index (κ2) is 8.68. The van der Waals surface area contributed by atoms with Crippen molar-refractivity contribution in [2.45, 2.75) is 26.8 Å². The SMILES string of the molecule is CCN(CC)C(CNC(=O)c1cc([N+](=O)[O-])cnc1C)c1ccsc1. The third-order valence-corrected chi connectivity index (χ3v) is 4.87. The number of likely N-dealkylation sites (N-methyl/N-ethyl adjacent to an activating group) is 1. The standard InChI is InChI=1S/C17H22N4O3S/c1-4-20(5-2)16(13-6-7-25-11-13)10-19-17(22)15-8-14(21(23)24)9-18-12(15)3/h6-9,11,16H,4-5,10H2,1-3H3,(H,19,22). The Kier molecular flexibility index (Phi) is 6.60. The van der Waals surface area contributed by atoms with Gasteiger partial charge in [0.25, 0.3) is 11.6 Å². The summed E-state index contributed by atoms with van der Waals surface area (Å²) in [5, 5.41) is 17.9. The zero-order chi connectivity index (χ0) is 18.4. The number of pyridine rings is 1. The minimum absolute atomic E-state index is 0.0668. The first-order valence-corrected chi connectivity index (χ1v) is 9.07. The van der Waals surface area contributed by atoms with Crippen LogP contribution in [0.5, 0.6) is 0 Å². The molecule has 0 aliphatic carbocycles. The van der Waals surface area contributed by atoms with Gasteiger partial charge in [-0.3, -0.25) is 24.8 Å². The molecule has 0 saturated carbocycles. The zero-order valence-corrected chi connectivity index (χ0v) is 15.4. The molecule has 0 fully saturated rings. The number of nitrogens with one attached hydrogen (secondary N) is 1. The van der Waals surface area contributed by atoms with Crippen LogP contribution in [-0.4, -0.2) is 40.3 Å². The molecule has 1 unspecified atom stereocenters. The molecular weight excluding hydrogens is 340 g/mol. The fraction of sp³-hybridized carbons (Fsp3) is 0.412. The highest BCUT2D eigenvalue weighted by Crippen LogP contribution is 2.22. The molecule has 0 bridgehead atoms. The number of carbonyl (C=O) groups excluding carboxylic acids is 1. The third kappa shape index (κ3) is 4.61. The minimum atomic E-state index is -0.548. The highest BCUT2D eigenvalue weighted by atomic mass is 32.1. The molecule has 0 spiro atoms. The number of thiophene rings is 1. The molecule has 2 rings (SSSR count). The Labute approximate surface area is 150 Å². The van der Waals surface area contributed by atoms with E-state index in [2.05, 4.69) is 40.5 Å². The van der Waals surface area contributed by atoms with Crippen molar-refractivity contribution in [2.24, 2.45) is 0 Å². The van der Waals surface area contributed by atoms with Crippen molar-refractivity contribution in [1.82, 2.24) is 15.2 Å². The van der Waals surface area contributed by atoms with Crippen molar-refractivity contribution in [3.05, 3.63) is 56.0 Å². The predicted octanol–water partition coefficient (Wildman–Crippen LogP) is 3.17. The van der Waals surface area contributed by atoms with E-state index in [1.54, 1.807) is 18.3 Å². The van der Waals surface area contributed by atoms with Crippen LogP contribution in [0.2, 0.25) is 0 Å². The molecule has 1 atom stereocenters. The normalized spacial score (nSPS) is 12.2. The van der Waals surface area contributed by atoms with E-state index in [-0.39, 0.29) is 23.2 Å². The van der Waals surface area contributed by atoms with Gasteiger partial charge in [0.15, 0.2) is 0 Å². The maximum absolute atomic E-state index is 12.5. The molecular formula is C17H22N4O3S. The van der Waals surface area contributed by atoms with Crippen LogP contribution in [-0.2, 0) is 0 Å². The summed E-state index contributed by atoms with van der Waals surface area (Å²) in [6.45, 7) is 7.99. The summed E-state index contributed by atoms with van der Waals surface area (Å²) in [6, 6.07) is 3.39. The van der Waals surface area contributed by atoms with Gasteiger partial charge in [0, 0.05) is 12.6 Å². The molecule has 134 valence electrons. The Morgan fingerprint density at radius 3 is 2.72 bits per heavy atom. The zero-order valence-electron chi connectivity index (χ0n) is 14.6. The van der Waals surface area contributed by atoms with Crippen LogP contribution in [0, 0.1) is 17.0 Å². The molecule has 2 aromatic rings. The highest BCUT2D eigenvalue weighted by molar-refractivity contribution is 7.07. The van der Waals surface area contributed by atoms with Gasteiger partial charge in [0.2, 0.25) is 0 Å². The van der Waals surface area contributed by atoms with E-state index in [0.29, 0.717) is 12.2 Å². The molecule has 8 heteroatoms. The van der Waals surface area contributed by atoms with Crippen molar-refractivity contribution in [3.8, 4) is 0 Å². The lowest BCUT2D eigenvalue weighted by Crippen LogP contribution is -2.38. The Morgan fingerprint density at radius 1 is 1.44 bits per heavy atom. The smallest absolute Gasteiger partial charge is 0.288 e. The Hall–Kier alpha value is -2.32. The fourth-order valence-corrected chi connectivity index (χ4v) is 3.43. The summed E-state index contributed by atoms with van der Waals surface area (Å²) in [7, 11) is 0. The summed E-state index contributed by atoms with van der Waals surface area (Å²) in [5.74, 6) is -0.346. The number of hydrogen-bond acceptors (Lipinski definition) is 6. The number of aryl methyl sites for hydroxylation is 1. The van der Waals surface area contributed by atoms with Gasteiger partial charge in [-0.15, -0.1) is 0 Å². The van der Waals surface area contributed by atoms with Gasteiger partial charge < -0.3 is 5.32 Å². The summed E-state index contributed by atoms with van der Waals surface area (Å²) in [4.78, 5) is 29.1. The number of amides is 1. The molecule has 0 saturated heterocycles. The molecule has 2 heterocycles. The monoisotopic (exact) mass is 362 g/mol. The van der Waals surface area contributed by atoms with Crippen LogP contribution >= 0.6 is 11.3 Å². The third-order valence-electron chi connectivity index (χ3n) is 4.16. The van der Waals surface area contributed by atoms with Crippen molar-refractivity contribution in [2.75, 3.05) is 19.6 Å². The van der Waals surface area contributed by atoms with Crippen LogP contribution in [0.1, 0.15) is 41.5 Å². The maximum Gasteiger partial charge on any atom is 0.288 e. The fourth-order valence-electron chi connectivity index (χ4n) is 2.72. The molecule has 0 radical (unpaired) electrons. The quantitative estimate of drug-likeness (QED) is 0.575. The number of rotatable bonds is 8. The molecule has 0 aromatic carbocycles. The molecule has 0 aliphatic heterocycles. The summed E-state index contributed by atoms with van der Waals surface area (Å²) < 4.78 is 0. The van der Waals surface area contributed by atoms with E-state index in [0.717, 1.165) is 24.8 Å². The minimum Gasteiger partial charge on any atom is -0.350 e. The van der Waals surface area contributed by atoms with Gasteiger partial charge in [-0.05, 0) is 42.4 Å². The van der Waals surface area contributed by atoms with Gasteiger partial charge in [-0.25, -0.2) is 0 Å². The van der Waals surface area contributed by atoms with Gasteiger partial charge in [0.05, 0.1) is 22.2 Å². The molecule has 2 aromatic heterocycles. The van der Waals surface area contributed by atoms with Crippen LogP contribution in [0.4, 0.5) is 5.69 Å². The first-order chi connectivity index (χ1) is 12.0. The molecule has 1 amide bonds. The average Bonchev–Trinajstić information content (AvgIpc) is 3.12. The highest BCUT2D eigenvalue weighted by Gasteiger charge is 2.21. The van der Waals surface area contributed by atoms with Crippen molar-refractivity contribution < 1.29 is 9.72 Å². The van der Waals surface area contributed by atoms with Gasteiger partial charge in [0.1, 0.15) is 6.20 Å². The maximum atomic E-state index is 12.5. The van der Waals surface area contributed by atoms with E-state index in [1.807, 2.05) is 5.38 Å². The largest absolute Gasteiger partial charge is 0.350 e. The summed E-state index contributed by atoms with van der Waals surface area (Å²) >= 11 is 1.62. The average molecular weight is 362 g/mol. The van der Waals surface area contributed by atoms with E-state index >= 15 is 0 Å². The lowest BCUT2D eigenvalue weighted by atomic mass is 10.1. The summed E-state index contributed by atoms with van der Waals surface area (Å²) in [5.41, 5.74) is 1.67. The predicted molar refractivity (Wildman–Crippen MR) is 97.9 cm³/mol. The Morgan fingerprint density at radius 2 is 2.16 bits per heavy atom. The topological polar surface area (TPSA) is 88.4 Å². The second-order valence-electron chi connectivity index (χ2n) is 5.59. The first-order valence-electron chi connectivity index (χ1n) is 8.13. The lowest BCUT2D eigenvalue weighted by molar-refractivity contribution is -0.385. The van der Waals surface area contributed by atoms with Crippen LogP contribution in [0.3, 0.4) is 0 Å².